The molecule has 0 bridgehead atoms. The Labute approximate surface area is 111 Å². The van der Waals surface area contributed by atoms with Crippen molar-refractivity contribution in [3.05, 3.63) is 18.2 Å². The van der Waals surface area contributed by atoms with Crippen LogP contribution in [0.3, 0.4) is 0 Å². The molecule has 0 saturated heterocycles. The first-order valence-corrected chi connectivity index (χ1v) is 7.36. The van der Waals surface area contributed by atoms with Crippen molar-refractivity contribution in [3.63, 3.8) is 0 Å². The summed E-state index contributed by atoms with van der Waals surface area (Å²) in [7, 11) is 2.10. The number of nitrogens with one attached hydrogen (secondary N) is 1. The minimum Gasteiger partial charge on any atom is -0.330 e. The fourth-order valence-electron chi connectivity index (χ4n) is 3.63. The molecule has 1 N–H and O–H groups in total. The minimum absolute atomic E-state index is 0.565. The van der Waals surface area contributed by atoms with Crippen LogP contribution in [0.5, 0.6) is 0 Å². The van der Waals surface area contributed by atoms with E-state index in [0.717, 1.165) is 18.3 Å². The summed E-state index contributed by atoms with van der Waals surface area (Å²) in [6.45, 7) is 6.99. The summed E-state index contributed by atoms with van der Waals surface area (Å²) in [5, 5.41) is 3.52. The van der Waals surface area contributed by atoms with Crippen LogP contribution in [0, 0.1) is 11.8 Å². The molecule has 1 saturated carbocycles. The minimum atomic E-state index is 0.565. The molecule has 0 radical (unpaired) electrons. The van der Waals surface area contributed by atoms with Crippen molar-refractivity contribution in [2.24, 2.45) is 11.8 Å². The summed E-state index contributed by atoms with van der Waals surface area (Å²) >= 11 is 0. The first-order valence-electron chi connectivity index (χ1n) is 7.36. The van der Waals surface area contributed by atoms with Gasteiger partial charge in [-0.1, -0.05) is 20.8 Å². The lowest BCUT2D eigenvalue weighted by molar-refractivity contribution is 0.156. The number of aromatic nitrogens is 2. The highest BCUT2D eigenvalue weighted by molar-refractivity contribution is 5.01. The zero-order valence-corrected chi connectivity index (χ0v) is 12.2. The third kappa shape index (κ3) is 2.61. The van der Waals surface area contributed by atoms with Gasteiger partial charge in [-0.15, -0.1) is 0 Å². The Morgan fingerprint density at radius 1 is 1.39 bits per heavy atom. The summed E-state index contributed by atoms with van der Waals surface area (Å²) in [5.74, 6) is 2.80. The first-order chi connectivity index (χ1) is 8.67. The molecule has 1 fully saturated rings. The van der Waals surface area contributed by atoms with E-state index in [9.17, 15) is 0 Å². The Morgan fingerprint density at radius 2 is 2.17 bits per heavy atom. The maximum Gasteiger partial charge on any atom is 0.108 e. The zero-order chi connectivity index (χ0) is 13.1. The third-order valence-corrected chi connectivity index (χ3v) is 4.34. The second-order valence-corrected chi connectivity index (χ2v) is 5.94. The Kier molecular flexibility index (Phi) is 4.44. The number of rotatable bonds is 4. The van der Waals surface area contributed by atoms with Gasteiger partial charge >= 0.3 is 0 Å². The number of aryl methyl sites for hydroxylation is 1. The Balaban J connectivity index is 2.25. The van der Waals surface area contributed by atoms with Crippen LogP contribution in [0.2, 0.25) is 0 Å². The van der Waals surface area contributed by atoms with Gasteiger partial charge < -0.3 is 9.88 Å². The van der Waals surface area contributed by atoms with E-state index in [0.29, 0.717) is 12.1 Å². The van der Waals surface area contributed by atoms with Gasteiger partial charge in [0.15, 0.2) is 0 Å². The molecule has 1 aromatic heterocycles. The van der Waals surface area contributed by atoms with Crippen LogP contribution >= 0.6 is 0 Å². The van der Waals surface area contributed by atoms with Gasteiger partial charge in [-0.3, -0.25) is 0 Å². The summed E-state index contributed by atoms with van der Waals surface area (Å²) in [6, 6.07) is 1.14. The monoisotopic (exact) mass is 249 g/mol. The van der Waals surface area contributed by atoms with E-state index in [-0.39, 0.29) is 0 Å². The van der Waals surface area contributed by atoms with E-state index < -0.39 is 0 Å². The van der Waals surface area contributed by atoms with Gasteiger partial charge in [0, 0.05) is 24.9 Å². The van der Waals surface area contributed by atoms with Crippen molar-refractivity contribution in [1.82, 2.24) is 14.9 Å². The van der Waals surface area contributed by atoms with E-state index in [2.05, 4.69) is 48.9 Å². The van der Waals surface area contributed by atoms with Crippen LogP contribution in [0.25, 0.3) is 0 Å². The Bertz CT molecular complexity index is 372. The summed E-state index contributed by atoms with van der Waals surface area (Å²) in [5.41, 5.74) is 0. The Morgan fingerprint density at radius 3 is 2.83 bits per heavy atom. The van der Waals surface area contributed by atoms with Crippen LogP contribution in [-0.4, -0.2) is 22.6 Å². The van der Waals surface area contributed by atoms with Crippen molar-refractivity contribution in [1.29, 1.82) is 0 Å². The van der Waals surface area contributed by atoms with Gasteiger partial charge in [-0.2, -0.15) is 0 Å². The van der Waals surface area contributed by atoms with E-state index in [1.165, 1.54) is 25.1 Å². The second kappa shape index (κ2) is 5.87. The van der Waals surface area contributed by atoms with Crippen molar-refractivity contribution >= 4 is 0 Å². The fourth-order valence-corrected chi connectivity index (χ4v) is 3.63. The molecule has 1 aliphatic rings. The maximum absolute atomic E-state index is 4.54. The van der Waals surface area contributed by atoms with Gasteiger partial charge in [0.25, 0.3) is 0 Å². The van der Waals surface area contributed by atoms with Crippen molar-refractivity contribution in [2.75, 3.05) is 7.05 Å². The molecule has 1 aromatic rings. The number of imidazole rings is 1. The van der Waals surface area contributed by atoms with Crippen molar-refractivity contribution in [2.45, 2.75) is 58.5 Å². The lowest BCUT2D eigenvalue weighted by Crippen LogP contribution is -2.44. The van der Waals surface area contributed by atoms with Gasteiger partial charge in [0.2, 0.25) is 0 Å². The molecule has 1 aliphatic carbocycles. The smallest absolute Gasteiger partial charge is 0.108 e. The van der Waals surface area contributed by atoms with E-state index >= 15 is 0 Å². The average Bonchev–Trinajstić information content (AvgIpc) is 2.76. The summed E-state index contributed by atoms with van der Waals surface area (Å²) in [4.78, 5) is 4.54. The van der Waals surface area contributed by atoms with Crippen LogP contribution in [-0.2, 0) is 6.42 Å². The normalized spacial score (nSPS) is 32.7. The molecule has 0 aromatic carbocycles. The highest BCUT2D eigenvalue weighted by Crippen LogP contribution is 2.37. The molecule has 3 heteroatoms. The summed E-state index contributed by atoms with van der Waals surface area (Å²) < 4.78 is 2.43. The van der Waals surface area contributed by atoms with Crippen LogP contribution in [0.1, 0.15) is 51.9 Å². The van der Waals surface area contributed by atoms with E-state index in [1.807, 2.05) is 6.20 Å². The lowest BCUT2D eigenvalue weighted by Gasteiger charge is -2.41. The van der Waals surface area contributed by atoms with E-state index in [1.54, 1.807) is 0 Å². The predicted octanol–water partition coefficient (Wildman–Crippen LogP) is 3.03. The van der Waals surface area contributed by atoms with Crippen LogP contribution in [0.4, 0.5) is 0 Å². The molecule has 4 atom stereocenters. The van der Waals surface area contributed by atoms with Crippen molar-refractivity contribution in [3.8, 4) is 0 Å². The second-order valence-electron chi connectivity index (χ2n) is 5.94. The Hall–Kier alpha value is -0.830. The molecule has 4 unspecified atom stereocenters. The quantitative estimate of drug-likeness (QED) is 0.889. The molecule has 2 rings (SSSR count). The predicted molar refractivity (Wildman–Crippen MR) is 75.7 cm³/mol. The number of nitrogens with zero attached hydrogens (tertiary/aromatic N) is 2. The fraction of sp³-hybridized carbons (Fsp3) is 0.800. The molecule has 0 aliphatic heterocycles. The molecule has 0 amide bonds. The molecule has 0 spiro atoms. The number of hydrogen-bond donors (Lipinski definition) is 1. The van der Waals surface area contributed by atoms with Crippen LogP contribution < -0.4 is 5.32 Å². The molecule has 1 heterocycles. The highest BCUT2D eigenvalue weighted by atomic mass is 15.1. The SMILES string of the molecule is CCCc1nccn1C1C(C)CC(C)CC1NC. The van der Waals surface area contributed by atoms with Crippen LogP contribution in [0.15, 0.2) is 12.4 Å². The number of likely N-dealkylation sites (N-methyl/N-ethyl adjacent to an activating group) is 1. The van der Waals surface area contributed by atoms with Gasteiger partial charge in [-0.05, 0) is 38.1 Å². The maximum atomic E-state index is 4.54. The third-order valence-electron chi connectivity index (χ3n) is 4.34. The van der Waals surface area contributed by atoms with Crippen molar-refractivity contribution < 1.29 is 0 Å². The molecular formula is C15H27N3. The summed E-state index contributed by atoms with van der Waals surface area (Å²) in [6.07, 6.45) is 8.98. The van der Waals surface area contributed by atoms with E-state index in [4.69, 9.17) is 0 Å². The van der Waals surface area contributed by atoms with Gasteiger partial charge in [0.1, 0.15) is 5.82 Å². The standard InChI is InChI=1S/C15H27N3/c1-5-6-14-17-7-8-18(14)15-12(3)9-11(2)10-13(15)16-4/h7-8,11-13,15-16H,5-6,9-10H2,1-4H3. The number of hydrogen-bond acceptors (Lipinski definition) is 2. The average molecular weight is 249 g/mol. The molecule has 102 valence electrons. The largest absolute Gasteiger partial charge is 0.330 e. The lowest BCUT2D eigenvalue weighted by atomic mass is 9.76. The highest BCUT2D eigenvalue weighted by Gasteiger charge is 2.34. The molecule has 3 nitrogen and oxygen atoms in total. The first kappa shape index (κ1) is 13.6. The molecule has 18 heavy (non-hydrogen) atoms. The van der Waals surface area contributed by atoms with Gasteiger partial charge in [0.05, 0.1) is 6.04 Å². The topological polar surface area (TPSA) is 29.9 Å². The molecular weight excluding hydrogens is 222 g/mol. The van der Waals surface area contributed by atoms with Gasteiger partial charge in [-0.25, -0.2) is 4.98 Å². The zero-order valence-electron chi connectivity index (χ0n) is 12.2.